The van der Waals surface area contributed by atoms with Crippen LogP contribution in [0.1, 0.15) is 31.4 Å². The lowest BCUT2D eigenvalue weighted by molar-refractivity contribution is -0.143. The van der Waals surface area contributed by atoms with Crippen molar-refractivity contribution in [2.24, 2.45) is 5.92 Å². The Morgan fingerprint density at radius 3 is 2.77 bits per heavy atom. The highest BCUT2D eigenvalue weighted by atomic mass is 16.5. The average Bonchev–Trinajstić information content (AvgIpc) is 3.41. The standard InChI is InChI=1S/C20H23N3O3/c1-22(13-17-11-18(21-26-17)14-5-3-2-4-6-14)20(25)15-7-10-19(24)23(12-15)16-8-9-16/h2-6,11,15-16H,7-10,12-13H2,1H3/t15-/m0/s1. The molecule has 1 atom stereocenters. The summed E-state index contributed by atoms with van der Waals surface area (Å²) >= 11 is 0. The zero-order chi connectivity index (χ0) is 18.1. The van der Waals surface area contributed by atoms with Crippen LogP contribution in [0.4, 0.5) is 0 Å². The summed E-state index contributed by atoms with van der Waals surface area (Å²) in [6.07, 6.45) is 3.25. The molecule has 26 heavy (non-hydrogen) atoms. The molecule has 0 unspecified atom stereocenters. The molecule has 1 aromatic carbocycles. The maximum absolute atomic E-state index is 12.8. The molecule has 2 aliphatic rings. The lowest BCUT2D eigenvalue weighted by Crippen LogP contribution is -2.46. The number of rotatable bonds is 5. The molecule has 1 saturated carbocycles. The molecular formula is C20H23N3O3. The van der Waals surface area contributed by atoms with E-state index < -0.39 is 0 Å². The van der Waals surface area contributed by atoms with E-state index in [0.717, 1.165) is 24.1 Å². The van der Waals surface area contributed by atoms with Gasteiger partial charge in [0, 0.05) is 37.7 Å². The average molecular weight is 353 g/mol. The minimum Gasteiger partial charge on any atom is -0.359 e. The molecule has 4 rings (SSSR count). The van der Waals surface area contributed by atoms with Crippen molar-refractivity contribution >= 4 is 11.8 Å². The van der Waals surface area contributed by atoms with Gasteiger partial charge in [0.1, 0.15) is 5.69 Å². The monoisotopic (exact) mass is 353 g/mol. The first-order chi connectivity index (χ1) is 12.6. The predicted octanol–water partition coefficient (Wildman–Crippen LogP) is 2.70. The molecule has 2 amide bonds. The number of aromatic nitrogens is 1. The second kappa shape index (κ2) is 6.94. The second-order valence-corrected chi connectivity index (χ2v) is 7.25. The molecule has 6 nitrogen and oxygen atoms in total. The van der Waals surface area contributed by atoms with Crippen molar-refractivity contribution in [3.8, 4) is 11.3 Å². The van der Waals surface area contributed by atoms with Gasteiger partial charge in [0.05, 0.1) is 12.5 Å². The third kappa shape index (κ3) is 3.49. The van der Waals surface area contributed by atoms with Gasteiger partial charge in [-0.05, 0) is 19.3 Å². The topological polar surface area (TPSA) is 66.7 Å². The fourth-order valence-corrected chi connectivity index (χ4v) is 3.57. The Hall–Kier alpha value is -2.63. The molecule has 2 aromatic rings. The van der Waals surface area contributed by atoms with Crippen molar-refractivity contribution in [3.05, 3.63) is 42.2 Å². The molecule has 1 saturated heterocycles. The van der Waals surface area contributed by atoms with Gasteiger partial charge < -0.3 is 14.3 Å². The third-order valence-corrected chi connectivity index (χ3v) is 5.18. The molecule has 0 spiro atoms. The summed E-state index contributed by atoms with van der Waals surface area (Å²) in [5, 5.41) is 4.10. The van der Waals surface area contributed by atoms with Gasteiger partial charge in [0.2, 0.25) is 11.8 Å². The minimum atomic E-state index is -0.116. The van der Waals surface area contributed by atoms with Gasteiger partial charge in [-0.25, -0.2) is 0 Å². The van der Waals surface area contributed by atoms with E-state index >= 15 is 0 Å². The van der Waals surface area contributed by atoms with Gasteiger partial charge in [-0.15, -0.1) is 0 Å². The van der Waals surface area contributed by atoms with Crippen LogP contribution in [0.5, 0.6) is 0 Å². The van der Waals surface area contributed by atoms with Gasteiger partial charge in [0.25, 0.3) is 0 Å². The largest absolute Gasteiger partial charge is 0.359 e. The Bertz CT molecular complexity index is 798. The van der Waals surface area contributed by atoms with Gasteiger partial charge in [-0.1, -0.05) is 35.5 Å². The zero-order valence-corrected chi connectivity index (χ0v) is 14.9. The lowest BCUT2D eigenvalue weighted by atomic mass is 9.96. The van der Waals surface area contributed by atoms with Crippen molar-refractivity contribution in [2.75, 3.05) is 13.6 Å². The summed E-state index contributed by atoms with van der Waals surface area (Å²) in [5.74, 6) is 0.809. The van der Waals surface area contributed by atoms with Crippen molar-refractivity contribution in [3.63, 3.8) is 0 Å². The second-order valence-electron chi connectivity index (χ2n) is 7.25. The molecule has 0 radical (unpaired) electrons. The number of hydrogen-bond donors (Lipinski definition) is 0. The van der Waals surface area contributed by atoms with E-state index in [4.69, 9.17) is 4.52 Å². The van der Waals surface area contributed by atoms with Crippen molar-refractivity contribution in [1.29, 1.82) is 0 Å². The Morgan fingerprint density at radius 1 is 1.27 bits per heavy atom. The fraction of sp³-hybridized carbons (Fsp3) is 0.450. The molecule has 6 heteroatoms. The molecular weight excluding hydrogens is 330 g/mol. The summed E-state index contributed by atoms with van der Waals surface area (Å²) in [5.41, 5.74) is 1.76. The number of hydrogen-bond acceptors (Lipinski definition) is 4. The Labute approximate surface area is 152 Å². The normalized spacial score (nSPS) is 20.3. The summed E-state index contributed by atoms with van der Waals surface area (Å²) < 4.78 is 5.41. The summed E-state index contributed by atoms with van der Waals surface area (Å²) in [6, 6.07) is 12.1. The van der Waals surface area contributed by atoms with Gasteiger partial charge in [-0.2, -0.15) is 0 Å². The van der Waals surface area contributed by atoms with Crippen LogP contribution in [-0.4, -0.2) is 46.4 Å². The quantitative estimate of drug-likeness (QED) is 0.829. The highest BCUT2D eigenvalue weighted by molar-refractivity contribution is 5.84. The van der Waals surface area contributed by atoms with E-state index in [-0.39, 0.29) is 17.7 Å². The highest BCUT2D eigenvalue weighted by Crippen LogP contribution is 2.32. The molecule has 1 aliphatic heterocycles. The maximum Gasteiger partial charge on any atom is 0.227 e. The SMILES string of the molecule is CN(Cc1cc(-c2ccccc2)no1)C(=O)[C@H]1CCC(=O)N(C2CC2)C1. The lowest BCUT2D eigenvalue weighted by Gasteiger charge is -2.33. The maximum atomic E-state index is 12.8. The third-order valence-electron chi connectivity index (χ3n) is 5.18. The predicted molar refractivity (Wildman–Crippen MR) is 95.9 cm³/mol. The van der Waals surface area contributed by atoms with Crippen LogP contribution in [0.15, 0.2) is 40.9 Å². The zero-order valence-electron chi connectivity index (χ0n) is 14.9. The highest BCUT2D eigenvalue weighted by Gasteiger charge is 2.39. The number of nitrogens with zero attached hydrogens (tertiary/aromatic N) is 3. The van der Waals surface area contributed by atoms with Gasteiger partial charge in [-0.3, -0.25) is 9.59 Å². The number of amides is 2. The van der Waals surface area contributed by atoms with E-state index in [1.807, 2.05) is 41.3 Å². The summed E-state index contributed by atoms with van der Waals surface area (Å²) in [4.78, 5) is 28.4. The van der Waals surface area contributed by atoms with Gasteiger partial charge >= 0.3 is 0 Å². The van der Waals surface area contributed by atoms with E-state index in [2.05, 4.69) is 5.16 Å². The molecule has 1 aromatic heterocycles. The van der Waals surface area contributed by atoms with Crippen LogP contribution in [0.25, 0.3) is 11.3 Å². The van der Waals surface area contributed by atoms with Crippen LogP contribution >= 0.6 is 0 Å². The van der Waals surface area contributed by atoms with E-state index in [9.17, 15) is 9.59 Å². The van der Waals surface area contributed by atoms with Crippen molar-refractivity contribution in [1.82, 2.24) is 15.0 Å². The number of carbonyl (C=O) groups is 2. The first-order valence-corrected chi connectivity index (χ1v) is 9.17. The number of likely N-dealkylation sites (tertiary alicyclic amines) is 1. The first-order valence-electron chi connectivity index (χ1n) is 9.17. The fourth-order valence-electron chi connectivity index (χ4n) is 3.57. The van der Waals surface area contributed by atoms with Crippen LogP contribution in [0.3, 0.4) is 0 Å². The Kier molecular flexibility index (Phi) is 4.49. The molecule has 1 aliphatic carbocycles. The Morgan fingerprint density at radius 2 is 2.04 bits per heavy atom. The number of piperidine rings is 1. The number of carbonyl (C=O) groups excluding carboxylic acids is 2. The first kappa shape index (κ1) is 16.8. The van der Waals surface area contributed by atoms with Crippen molar-refractivity contribution in [2.45, 2.75) is 38.3 Å². The van der Waals surface area contributed by atoms with E-state index in [1.165, 1.54) is 0 Å². The van der Waals surface area contributed by atoms with Crippen molar-refractivity contribution < 1.29 is 14.1 Å². The Balaban J connectivity index is 1.38. The minimum absolute atomic E-state index is 0.0702. The number of benzene rings is 1. The van der Waals surface area contributed by atoms with Crippen LogP contribution in [-0.2, 0) is 16.1 Å². The van der Waals surface area contributed by atoms with Crippen LogP contribution < -0.4 is 0 Å². The summed E-state index contributed by atoms with van der Waals surface area (Å²) in [6.45, 7) is 0.935. The smallest absolute Gasteiger partial charge is 0.227 e. The van der Waals surface area contributed by atoms with Crippen LogP contribution in [0, 0.1) is 5.92 Å². The van der Waals surface area contributed by atoms with E-state index in [1.54, 1.807) is 11.9 Å². The molecule has 2 fully saturated rings. The molecule has 2 heterocycles. The molecule has 136 valence electrons. The van der Waals surface area contributed by atoms with E-state index in [0.29, 0.717) is 37.7 Å². The van der Waals surface area contributed by atoms with Gasteiger partial charge in [0.15, 0.2) is 5.76 Å². The molecule has 0 bridgehead atoms. The summed E-state index contributed by atoms with van der Waals surface area (Å²) in [7, 11) is 1.78. The molecule has 0 N–H and O–H groups in total. The van der Waals surface area contributed by atoms with Crippen LogP contribution in [0.2, 0.25) is 0 Å².